The average molecular weight is 423 g/mol. The normalized spacial score (nSPS) is 25.9. The van der Waals surface area contributed by atoms with E-state index in [2.05, 4.69) is 15.2 Å². The lowest BCUT2D eigenvalue weighted by atomic mass is 9.75. The van der Waals surface area contributed by atoms with Crippen molar-refractivity contribution in [1.82, 2.24) is 10.3 Å². The molecule has 1 amide bonds. The number of aromatic nitrogens is 1. The van der Waals surface area contributed by atoms with Crippen molar-refractivity contribution in [3.63, 3.8) is 0 Å². The number of rotatable bonds is 3. The van der Waals surface area contributed by atoms with E-state index in [0.717, 1.165) is 37.2 Å². The van der Waals surface area contributed by atoms with Crippen molar-refractivity contribution in [2.75, 3.05) is 18.0 Å². The molecule has 0 bridgehead atoms. The molecule has 1 spiro atoms. The van der Waals surface area contributed by atoms with E-state index in [1.165, 1.54) is 6.07 Å². The summed E-state index contributed by atoms with van der Waals surface area (Å²) in [6.07, 6.45) is 5.97. The van der Waals surface area contributed by atoms with Crippen molar-refractivity contribution < 1.29 is 18.7 Å². The monoisotopic (exact) mass is 423 g/mol. The zero-order valence-electron chi connectivity index (χ0n) is 17.4. The van der Waals surface area contributed by atoms with Crippen LogP contribution in [0.25, 0.3) is 0 Å². The molecule has 0 unspecified atom stereocenters. The number of hydrogen-bond acceptors (Lipinski definition) is 5. The molecule has 1 aromatic heterocycles. The molecule has 1 saturated carbocycles. The van der Waals surface area contributed by atoms with Crippen LogP contribution < -0.4 is 10.2 Å². The number of nitrogens with one attached hydrogen (secondary N) is 1. The first-order valence-electron chi connectivity index (χ1n) is 11.0. The molecule has 2 aromatic rings. The number of carbonyl (C=O) groups excluding carboxylic acids is 2. The summed E-state index contributed by atoms with van der Waals surface area (Å²) < 4.78 is 19.2. The molecule has 31 heavy (non-hydrogen) atoms. The zero-order valence-corrected chi connectivity index (χ0v) is 17.4. The summed E-state index contributed by atoms with van der Waals surface area (Å²) in [5.41, 5.74) is 1.55. The Kier molecular flexibility index (Phi) is 5.12. The van der Waals surface area contributed by atoms with Gasteiger partial charge in [0, 0.05) is 42.5 Å². The second-order valence-electron chi connectivity index (χ2n) is 8.81. The summed E-state index contributed by atoms with van der Waals surface area (Å²) in [5, 5.41) is 3.22. The van der Waals surface area contributed by atoms with E-state index in [4.69, 9.17) is 4.74 Å². The second kappa shape index (κ2) is 7.94. The van der Waals surface area contributed by atoms with Gasteiger partial charge in [0.15, 0.2) is 5.69 Å². The largest absolute Gasteiger partial charge is 0.449 e. The molecule has 3 aliphatic rings. The van der Waals surface area contributed by atoms with E-state index >= 15 is 0 Å². The van der Waals surface area contributed by atoms with Crippen LogP contribution in [-0.2, 0) is 15.1 Å². The van der Waals surface area contributed by atoms with Gasteiger partial charge in [-0.25, -0.2) is 14.2 Å². The molecule has 6 nitrogen and oxygen atoms in total. The number of halogens is 1. The maximum absolute atomic E-state index is 13.5. The van der Waals surface area contributed by atoms with Crippen LogP contribution >= 0.6 is 0 Å². The number of piperidine rings is 1. The second-order valence-corrected chi connectivity index (χ2v) is 8.81. The molecule has 0 atom stereocenters. The maximum atomic E-state index is 13.5. The highest BCUT2D eigenvalue weighted by atomic mass is 19.1. The fourth-order valence-corrected chi connectivity index (χ4v) is 5.21. The summed E-state index contributed by atoms with van der Waals surface area (Å²) >= 11 is 0. The van der Waals surface area contributed by atoms with Gasteiger partial charge in [-0.2, -0.15) is 0 Å². The first-order valence-corrected chi connectivity index (χ1v) is 11.0. The molecule has 2 aliphatic heterocycles. The number of nitrogens with zero attached hydrogens (tertiary/aromatic N) is 2. The highest BCUT2D eigenvalue weighted by molar-refractivity contribution is 5.92. The number of amides is 1. The summed E-state index contributed by atoms with van der Waals surface area (Å²) in [7, 11) is 0. The van der Waals surface area contributed by atoms with Gasteiger partial charge < -0.3 is 15.0 Å². The van der Waals surface area contributed by atoms with Crippen LogP contribution in [0.15, 0.2) is 42.6 Å². The van der Waals surface area contributed by atoms with E-state index in [1.54, 1.807) is 18.3 Å². The van der Waals surface area contributed by atoms with Gasteiger partial charge in [-0.05, 0) is 62.8 Å². The highest BCUT2D eigenvalue weighted by Crippen LogP contribution is 2.47. The molecular weight excluding hydrogens is 397 g/mol. The number of hydrogen-bond donors (Lipinski definition) is 1. The lowest BCUT2D eigenvalue weighted by molar-refractivity contribution is -0.128. The lowest BCUT2D eigenvalue weighted by Crippen LogP contribution is -2.47. The third kappa shape index (κ3) is 3.77. The van der Waals surface area contributed by atoms with Gasteiger partial charge in [-0.3, -0.25) is 4.79 Å². The Balaban J connectivity index is 1.14. The number of ether oxygens (including phenoxy) is 1. The Labute approximate surface area is 180 Å². The molecule has 1 saturated heterocycles. The molecule has 2 fully saturated rings. The van der Waals surface area contributed by atoms with Crippen molar-refractivity contribution in [2.24, 2.45) is 5.92 Å². The Hall–Kier alpha value is -2.96. The Morgan fingerprint density at radius 2 is 1.90 bits per heavy atom. The van der Waals surface area contributed by atoms with Crippen LogP contribution in [0.4, 0.5) is 10.1 Å². The van der Waals surface area contributed by atoms with Gasteiger partial charge in [0.05, 0.1) is 0 Å². The van der Waals surface area contributed by atoms with Crippen molar-refractivity contribution in [3.05, 3.63) is 59.7 Å². The molecule has 1 N–H and O–H groups in total. The van der Waals surface area contributed by atoms with Gasteiger partial charge >= 0.3 is 5.97 Å². The topological polar surface area (TPSA) is 71.5 Å². The molecule has 3 heterocycles. The Morgan fingerprint density at radius 1 is 1.13 bits per heavy atom. The molecule has 7 heteroatoms. The first kappa shape index (κ1) is 20.0. The van der Waals surface area contributed by atoms with Gasteiger partial charge in [-0.15, -0.1) is 0 Å². The molecule has 5 rings (SSSR count). The van der Waals surface area contributed by atoms with Crippen LogP contribution in [-0.4, -0.2) is 36.0 Å². The SMILES string of the molecule is O=C1O[C@]2(CC[C@H](C(=O)NC3CCN(c4cccc(F)c4)CC3)CC2)c2cccnc21. The van der Waals surface area contributed by atoms with Crippen molar-refractivity contribution in [1.29, 1.82) is 0 Å². The zero-order chi connectivity index (χ0) is 21.4. The third-order valence-corrected chi connectivity index (χ3v) is 6.96. The number of pyridine rings is 1. The minimum absolute atomic E-state index is 0.0636. The third-order valence-electron chi connectivity index (χ3n) is 6.96. The van der Waals surface area contributed by atoms with Crippen LogP contribution in [0.3, 0.4) is 0 Å². The Morgan fingerprint density at radius 3 is 2.65 bits per heavy atom. The first-order chi connectivity index (χ1) is 15.0. The van der Waals surface area contributed by atoms with Gasteiger partial charge in [0.25, 0.3) is 0 Å². The van der Waals surface area contributed by atoms with E-state index in [9.17, 15) is 14.0 Å². The maximum Gasteiger partial charge on any atom is 0.358 e. The quantitative estimate of drug-likeness (QED) is 0.765. The van der Waals surface area contributed by atoms with Gasteiger partial charge in [-0.1, -0.05) is 12.1 Å². The fraction of sp³-hybridized carbons (Fsp3) is 0.458. The predicted octanol–water partition coefficient (Wildman–Crippen LogP) is 3.56. The van der Waals surface area contributed by atoms with Crippen LogP contribution in [0, 0.1) is 11.7 Å². The van der Waals surface area contributed by atoms with E-state index in [-0.39, 0.29) is 29.7 Å². The number of carbonyl (C=O) groups is 2. The minimum Gasteiger partial charge on any atom is -0.449 e. The number of fused-ring (bicyclic) bond motifs is 2. The standard InChI is InChI=1S/C24H26FN3O3/c25-17-3-1-4-19(15-17)28-13-8-18(9-14-28)27-22(29)16-6-10-24(11-7-16)20-5-2-12-26-21(20)23(30)31-24/h1-5,12,15-16,18H,6-11,13-14H2,(H,27,29)/t16-,24-. The summed E-state index contributed by atoms with van der Waals surface area (Å²) in [4.78, 5) is 31.4. The van der Waals surface area contributed by atoms with Crippen LogP contribution in [0.2, 0.25) is 0 Å². The molecule has 0 radical (unpaired) electrons. The molecule has 1 aliphatic carbocycles. The Bertz CT molecular complexity index is 995. The van der Waals surface area contributed by atoms with E-state index in [1.807, 2.05) is 18.2 Å². The lowest BCUT2D eigenvalue weighted by Gasteiger charge is -2.37. The molecule has 162 valence electrons. The van der Waals surface area contributed by atoms with E-state index < -0.39 is 5.60 Å². The smallest absolute Gasteiger partial charge is 0.358 e. The number of benzene rings is 1. The van der Waals surface area contributed by atoms with Crippen molar-refractivity contribution in [2.45, 2.75) is 50.2 Å². The summed E-state index contributed by atoms with van der Waals surface area (Å²) in [6, 6.07) is 10.5. The fourth-order valence-electron chi connectivity index (χ4n) is 5.21. The average Bonchev–Trinajstić information content (AvgIpc) is 3.06. The predicted molar refractivity (Wildman–Crippen MR) is 113 cm³/mol. The van der Waals surface area contributed by atoms with E-state index in [0.29, 0.717) is 31.4 Å². The summed E-state index contributed by atoms with van der Waals surface area (Å²) in [5.74, 6) is -0.556. The highest BCUT2D eigenvalue weighted by Gasteiger charge is 2.49. The minimum atomic E-state index is -0.617. The molecule has 1 aromatic carbocycles. The van der Waals surface area contributed by atoms with Gasteiger partial charge in [0.2, 0.25) is 5.91 Å². The van der Waals surface area contributed by atoms with Crippen molar-refractivity contribution >= 4 is 17.6 Å². The number of anilines is 1. The van der Waals surface area contributed by atoms with Crippen molar-refractivity contribution in [3.8, 4) is 0 Å². The summed E-state index contributed by atoms with van der Waals surface area (Å²) in [6.45, 7) is 1.59. The molecular formula is C24H26FN3O3. The van der Waals surface area contributed by atoms with Gasteiger partial charge in [0.1, 0.15) is 11.4 Å². The van der Waals surface area contributed by atoms with Crippen LogP contribution in [0.1, 0.15) is 54.6 Å². The van der Waals surface area contributed by atoms with Crippen LogP contribution in [0.5, 0.6) is 0 Å². The number of esters is 1.